The standard InChI is InChI=1S/C22H21N5O4/c23-8-3-9-24-21(28)18(10-14-12-25-17-5-2-1-4-16(14)17)27-22(29)26-15-6-7-19-20(11-15)31-13-30-19/h1-2,4-7,11-12,18,25H,3,9-10,13H2,(H,24,28)(H2,26,27,29). The van der Waals surface area contributed by atoms with Gasteiger partial charge in [0.05, 0.1) is 12.5 Å². The highest BCUT2D eigenvalue weighted by molar-refractivity contribution is 5.94. The molecule has 0 radical (unpaired) electrons. The van der Waals surface area contributed by atoms with Crippen molar-refractivity contribution in [1.82, 2.24) is 15.6 Å². The number of nitrogens with zero attached hydrogens (tertiary/aromatic N) is 1. The van der Waals surface area contributed by atoms with Crippen molar-refractivity contribution in [1.29, 1.82) is 5.26 Å². The van der Waals surface area contributed by atoms with Crippen molar-refractivity contribution in [3.05, 3.63) is 54.2 Å². The zero-order chi connectivity index (χ0) is 21.6. The average molecular weight is 419 g/mol. The van der Waals surface area contributed by atoms with Gasteiger partial charge < -0.3 is 30.4 Å². The third kappa shape index (κ3) is 4.70. The van der Waals surface area contributed by atoms with E-state index in [9.17, 15) is 9.59 Å². The maximum absolute atomic E-state index is 12.7. The molecule has 2 aromatic carbocycles. The summed E-state index contributed by atoms with van der Waals surface area (Å²) in [5.41, 5.74) is 2.36. The molecule has 4 N–H and O–H groups in total. The van der Waals surface area contributed by atoms with Crippen molar-refractivity contribution in [3.63, 3.8) is 0 Å². The predicted molar refractivity (Wildman–Crippen MR) is 114 cm³/mol. The van der Waals surface area contributed by atoms with Crippen molar-refractivity contribution < 1.29 is 19.1 Å². The fraction of sp³-hybridized carbons (Fsp3) is 0.227. The zero-order valence-corrected chi connectivity index (χ0v) is 16.6. The number of fused-ring (bicyclic) bond motifs is 2. The summed E-state index contributed by atoms with van der Waals surface area (Å²) in [6, 6.07) is 13.4. The maximum Gasteiger partial charge on any atom is 0.319 e. The summed E-state index contributed by atoms with van der Waals surface area (Å²) >= 11 is 0. The van der Waals surface area contributed by atoms with Gasteiger partial charge in [0, 0.05) is 41.8 Å². The van der Waals surface area contributed by atoms with Crippen molar-refractivity contribution in [2.24, 2.45) is 0 Å². The molecule has 0 bridgehead atoms. The van der Waals surface area contributed by atoms with Gasteiger partial charge in [-0.25, -0.2) is 4.79 Å². The lowest BCUT2D eigenvalue weighted by Crippen LogP contribution is -2.49. The van der Waals surface area contributed by atoms with E-state index in [0.717, 1.165) is 16.5 Å². The lowest BCUT2D eigenvalue weighted by atomic mass is 10.0. The number of urea groups is 1. The highest BCUT2D eigenvalue weighted by atomic mass is 16.7. The number of hydrogen-bond donors (Lipinski definition) is 4. The number of nitrogens with one attached hydrogen (secondary N) is 4. The predicted octanol–water partition coefficient (Wildman–Crippen LogP) is 2.66. The quantitative estimate of drug-likeness (QED) is 0.438. The van der Waals surface area contributed by atoms with Crippen LogP contribution in [0.1, 0.15) is 12.0 Å². The number of H-pyrrole nitrogens is 1. The van der Waals surface area contributed by atoms with E-state index in [0.29, 0.717) is 17.2 Å². The van der Waals surface area contributed by atoms with Crippen LogP contribution in [0.5, 0.6) is 11.5 Å². The summed E-state index contributed by atoms with van der Waals surface area (Å²) in [5.74, 6) is 0.795. The van der Waals surface area contributed by atoms with Crippen LogP contribution in [-0.4, -0.2) is 36.3 Å². The van der Waals surface area contributed by atoms with Crippen LogP contribution >= 0.6 is 0 Å². The number of nitriles is 1. The van der Waals surface area contributed by atoms with Gasteiger partial charge in [-0.2, -0.15) is 5.26 Å². The van der Waals surface area contributed by atoms with E-state index < -0.39 is 12.1 Å². The first-order chi connectivity index (χ1) is 15.1. The minimum Gasteiger partial charge on any atom is -0.454 e. The molecule has 3 amide bonds. The molecule has 0 spiro atoms. The highest BCUT2D eigenvalue weighted by Gasteiger charge is 2.23. The second kappa shape index (κ2) is 9.09. The molecular formula is C22H21N5O4. The number of rotatable bonds is 7. The molecular weight excluding hydrogens is 398 g/mol. The number of amides is 3. The summed E-state index contributed by atoms with van der Waals surface area (Å²) in [5, 5.41) is 17.8. The van der Waals surface area contributed by atoms with Gasteiger partial charge in [0.2, 0.25) is 12.7 Å². The Balaban J connectivity index is 1.47. The van der Waals surface area contributed by atoms with Crippen molar-refractivity contribution >= 4 is 28.5 Å². The molecule has 0 saturated carbocycles. The van der Waals surface area contributed by atoms with Gasteiger partial charge in [0.15, 0.2) is 11.5 Å². The second-order valence-electron chi connectivity index (χ2n) is 6.98. The molecule has 1 aliphatic heterocycles. The summed E-state index contributed by atoms with van der Waals surface area (Å²) in [6.07, 6.45) is 2.31. The van der Waals surface area contributed by atoms with Gasteiger partial charge in [-0.05, 0) is 23.8 Å². The van der Waals surface area contributed by atoms with E-state index in [1.807, 2.05) is 36.5 Å². The van der Waals surface area contributed by atoms with Crippen LogP contribution in [0.3, 0.4) is 0 Å². The molecule has 2 heterocycles. The molecule has 9 nitrogen and oxygen atoms in total. The summed E-state index contributed by atoms with van der Waals surface area (Å²) in [7, 11) is 0. The number of anilines is 1. The molecule has 1 aliphatic rings. The smallest absolute Gasteiger partial charge is 0.319 e. The van der Waals surface area contributed by atoms with Crippen molar-refractivity contribution in [3.8, 4) is 17.6 Å². The lowest BCUT2D eigenvalue weighted by molar-refractivity contribution is -0.122. The second-order valence-corrected chi connectivity index (χ2v) is 6.98. The van der Waals surface area contributed by atoms with Crippen LogP contribution in [-0.2, 0) is 11.2 Å². The van der Waals surface area contributed by atoms with Crippen LogP contribution in [0, 0.1) is 11.3 Å². The normalized spacial score (nSPS) is 12.7. The fourth-order valence-corrected chi connectivity index (χ4v) is 3.39. The molecule has 1 atom stereocenters. The van der Waals surface area contributed by atoms with Gasteiger partial charge in [0.25, 0.3) is 0 Å². The molecule has 0 aliphatic carbocycles. The van der Waals surface area contributed by atoms with E-state index >= 15 is 0 Å². The molecule has 3 aromatic rings. The van der Waals surface area contributed by atoms with Crippen LogP contribution < -0.4 is 25.4 Å². The summed E-state index contributed by atoms with van der Waals surface area (Å²) in [6.45, 7) is 0.353. The molecule has 9 heteroatoms. The number of ether oxygens (including phenoxy) is 2. The number of carbonyl (C=O) groups excluding carboxylic acids is 2. The maximum atomic E-state index is 12.7. The molecule has 1 unspecified atom stereocenters. The van der Waals surface area contributed by atoms with Gasteiger partial charge in [-0.15, -0.1) is 0 Å². The third-order valence-corrected chi connectivity index (χ3v) is 4.89. The first kappa shape index (κ1) is 20.1. The van der Waals surface area contributed by atoms with Gasteiger partial charge in [-0.3, -0.25) is 4.79 Å². The lowest BCUT2D eigenvalue weighted by Gasteiger charge is -2.18. The van der Waals surface area contributed by atoms with Crippen molar-refractivity contribution in [2.75, 3.05) is 18.7 Å². The number of aromatic nitrogens is 1. The Labute approximate surface area is 178 Å². The van der Waals surface area contributed by atoms with Crippen molar-refractivity contribution in [2.45, 2.75) is 18.9 Å². The summed E-state index contributed by atoms with van der Waals surface area (Å²) < 4.78 is 10.6. The molecule has 0 saturated heterocycles. The Bertz CT molecular complexity index is 1150. The van der Waals surface area contributed by atoms with E-state index in [1.54, 1.807) is 18.2 Å². The monoisotopic (exact) mass is 419 g/mol. The number of benzene rings is 2. The van der Waals surface area contributed by atoms with Gasteiger partial charge in [0.1, 0.15) is 6.04 Å². The topological polar surface area (TPSA) is 128 Å². The first-order valence-corrected chi connectivity index (χ1v) is 9.81. The molecule has 31 heavy (non-hydrogen) atoms. The van der Waals surface area contributed by atoms with E-state index in [-0.39, 0.29) is 32.1 Å². The van der Waals surface area contributed by atoms with Crippen LogP contribution in [0.4, 0.5) is 10.5 Å². The Kier molecular flexibility index (Phi) is 5.89. The Hall–Kier alpha value is -4.19. The summed E-state index contributed by atoms with van der Waals surface area (Å²) in [4.78, 5) is 28.5. The molecule has 4 rings (SSSR count). The largest absolute Gasteiger partial charge is 0.454 e. The van der Waals surface area contributed by atoms with E-state index in [2.05, 4.69) is 20.9 Å². The van der Waals surface area contributed by atoms with Crippen LogP contribution in [0.25, 0.3) is 10.9 Å². The van der Waals surface area contributed by atoms with Gasteiger partial charge >= 0.3 is 6.03 Å². The number of hydrogen-bond acceptors (Lipinski definition) is 5. The zero-order valence-electron chi connectivity index (χ0n) is 16.6. The molecule has 0 fully saturated rings. The minimum atomic E-state index is -0.827. The Morgan fingerprint density at radius 1 is 1.16 bits per heavy atom. The molecule has 1 aromatic heterocycles. The number of carbonyl (C=O) groups is 2. The SMILES string of the molecule is N#CCCNC(=O)C(Cc1c[nH]c2ccccc12)NC(=O)Nc1ccc2c(c1)OCO2. The van der Waals surface area contributed by atoms with Crippen LogP contribution in [0.2, 0.25) is 0 Å². The van der Waals surface area contributed by atoms with Crippen LogP contribution in [0.15, 0.2) is 48.7 Å². The van der Waals surface area contributed by atoms with E-state index in [1.165, 1.54) is 0 Å². The van der Waals surface area contributed by atoms with Gasteiger partial charge in [-0.1, -0.05) is 18.2 Å². The van der Waals surface area contributed by atoms with E-state index in [4.69, 9.17) is 14.7 Å². The molecule has 158 valence electrons. The number of aromatic amines is 1. The minimum absolute atomic E-state index is 0.139. The number of para-hydroxylation sites is 1. The third-order valence-electron chi connectivity index (χ3n) is 4.89. The highest BCUT2D eigenvalue weighted by Crippen LogP contribution is 2.34. The average Bonchev–Trinajstić information content (AvgIpc) is 3.40. The fourth-order valence-electron chi connectivity index (χ4n) is 3.39. The Morgan fingerprint density at radius 3 is 2.87 bits per heavy atom. The first-order valence-electron chi connectivity index (χ1n) is 9.81. The Morgan fingerprint density at radius 2 is 2.00 bits per heavy atom.